The van der Waals surface area contributed by atoms with Gasteiger partial charge in [-0.25, -0.2) is 0 Å². The molecule has 1 aromatic carbocycles. The molecule has 0 aromatic heterocycles. The minimum absolute atomic E-state index is 0.194. The van der Waals surface area contributed by atoms with Gasteiger partial charge in [0.2, 0.25) is 0 Å². The average Bonchev–Trinajstić information content (AvgIpc) is 2.80. The zero-order valence-electron chi connectivity index (χ0n) is 11.3. The van der Waals surface area contributed by atoms with Gasteiger partial charge in [-0.15, -0.1) is 0 Å². The molecule has 0 bridgehead atoms. The molecule has 17 heavy (non-hydrogen) atoms. The first-order valence-electron chi connectivity index (χ1n) is 6.44. The molecule has 1 unspecified atom stereocenters. The highest BCUT2D eigenvalue weighted by atomic mass is 16.5. The van der Waals surface area contributed by atoms with Crippen LogP contribution >= 0.6 is 0 Å². The quantitative estimate of drug-likeness (QED) is 0.845. The Kier molecular flexibility index (Phi) is 3.43. The van der Waals surface area contributed by atoms with Crippen molar-refractivity contribution in [2.75, 3.05) is 13.7 Å². The highest BCUT2D eigenvalue weighted by Gasteiger charge is 2.22. The maximum absolute atomic E-state index is 5.49. The van der Waals surface area contributed by atoms with E-state index in [0.29, 0.717) is 6.04 Å². The van der Waals surface area contributed by atoms with Crippen molar-refractivity contribution in [3.63, 3.8) is 0 Å². The van der Waals surface area contributed by atoms with Crippen LogP contribution in [0.1, 0.15) is 50.8 Å². The molecule has 0 spiro atoms. The van der Waals surface area contributed by atoms with E-state index in [1.807, 2.05) is 0 Å². The average molecular weight is 233 g/mol. The minimum atomic E-state index is 0.194. The van der Waals surface area contributed by atoms with E-state index in [-0.39, 0.29) is 5.41 Å². The lowest BCUT2D eigenvalue weighted by Crippen LogP contribution is -2.16. The Bertz CT molecular complexity index is 386. The second-order valence-corrected chi connectivity index (χ2v) is 5.86. The van der Waals surface area contributed by atoms with Gasteiger partial charge in [0.1, 0.15) is 5.75 Å². The maximum atomic E-state index is 5.49. The van der Waals surface area contributed by atoms with Crippen LogP contribution in [0.2, 0.25) is 0 Å². The Morgan fingerprint density at radius 2 is 2.06 bits per heavy atom. The Balaban J connectivity index is 2.39. The first kappa shape index (κ1) is 12.4. The van der Waals surface area contributed by atoms with Crippen molar-refractivity contribution in [3.8, 4) is 5.75 Å². The van der Waals surface area contributed by atoms with Gasteiger partial charge in [-0.1, -0.05) is 26.8 Å². The number of benzene rings is 1. The normalized spacial score (nSPS) is 20.6. The standard InChI is InChI=1S/C15H23NO/c1-15(2,3)11-7-8-14(17-4)12(10-11)13-6-5-9-16-13/h7-8,10,13,16H,5-6,9H2,1-4H3. The van der Waals surface area contributed by atoms with E-state index in [1.165, 1.54) is 24.0 Å². The van der Waals surface area contributed by atoms with Crippen molar-refractivity contribution < 1.29 is 4.74 Å². The van der Waals surface area contributed by atoms with Crippen molar-refractivity contribution in [1.82, 2.24) is 5.32 Å². The van der Waals surface area contributed by atoms with Gasteiger partial charge in [0.05, 0.1) is 7.11 Å². The number of hydrogen-bond acceptors (Lipinski definition) is 2. The summed E-state index contributed by atoms with van der Waals surface area (Å²) >= 11 is 0. The first-order valence-corrected chi connectivity index (χ1v) is 6.44. The lowest BCUT2D eigenvalue weighted by molar-refractivity contribution is 0.402. The van der Waals surface area contributed by atoms with Crippen LogP contribution in [-0.4, -0.2) is 13.7 Å². The topological polar surface area (TPSA) is 21.3 Å². The van der Waals surface area contributed by atoms with Crippen LogP contribution < -0.4 is 10.1 Å². The third-order valence-corrected chi connectivity index (χ3v) is 3.53. The van der Waals surface area contributed by atoms with E-state index >= 15 is 0 Å². The Labute approximate surface area is 104 Å². The van der Waals surface area contributed by atoms with Gasteiger partial charge in [0, 0.05) is 11.6 Å². The van der Waals surface area contributed by atoms with Gasteiger partial charge < -0.3 is 10.1 Å². The van der Waals surface area contributed by atoms with Crippen LogP contribution in [-0.2, 0) is 5.41 Å². The summed E-state index contributed by atoms with van der Waals surface area (Å²) in [5.41, 5.74) is 2.89. The number of ether oxygens (including phenoxy) is 1. The van der Waals surface area contributed by atoms with Crippen molar-refractivity contribution in [1.29, 1.82) is 0 Å². The predicted molar refractivity (Wildman–Crippen MR) is 71.7 cm³/mol. The maximum Gasteiger partial charge on any atom is 0.123 e. The van der Waals surface area contributed by atoms with Crippen molar-refractivity contribution in [3.05, 3.63) is 29.3 Å². The summed E-state index contributed by atoms with van der Waals surface area (Å²) in [6, 6.07) is 7.06. The second-order valence-electron chi connectivity index (χ2n) is 5.86. The molecule has 2 rings (SSSR count). The van der Waals surface area contributed by atoms with E-state index in [2.05, 4.69) is 44.3 Å². The molecule has 1 aliphatic heterocycles. The summed E-state index contributed by atoms with van der Waals surface area (Å²) in [4.78, 5) is 0. The van der Waals surface area contributed by atoms with Crippen LogP contribution in [0.15, 0.2) is 18.2 Å². The molecule has 94 valence electrons. The van der Waals surface area contributed by atoms with Gasteiger partial charge >= 0.3 is 0 Å². The fraction of sp³-hybridized carbons (Fsp3) is 0.600. The molecule has 2 nitrogen and oxygen atoms in total. The van der Waals surface area contributed by atoms with Gasteiger partial charge in [-0.3, -0.25) is 0 Å². The lowest BCUT2D eigenvalue weighted by atomic mass is 9.85. The SMILES string of the molecule is COc1ccc(C(C)(C)C)cc1C1CCCN1. The Hall–Kier alpha value is -1.02. The molecule has 0 aliphatic carbocycles. The number of methoxy groups -OCH3 is 1. The smallest absolute Gasteiger partial charge is 0.123 e. The zero-order chi connectivity index (χ0) is 12.5. The van der Waals surface area contributed by atoms with Gasteiger partial charge in [0.15, 0.2) is 0 Å². The van der Waals surface area contributed by atoms with Crippen molar-refractivity contribution in [2.24, 2.45) is 0 Å². The van der Waals surface area contributed by atoms with Crippen LogP contribution in [0.25, 0.3) is 0 Å². The largest absolute Gasteiger partial charge is 0.496 e. The second kappa shape index (κ2) is 4.69. The summed E-state index contributed by atoms with van der Waals surface area (Å²) in [7, 11) is 1.75. The fourth-order valence-electron chi connectivity index (χ4n) is 2.42. The van der Waals surface area contributed by atoms with Gasteiger partial charge in [-0.2, -0.15) is 0 Å². The van der Waals surface area contributed by atoms with Gasteiger partial charge in [0.25, 0.3) is 0 Å². The number of rotatable bonds is 2. The molecule has 0 saturated carbocycles. The molecule has 1 aromatic rings. The van der Waals surface area contributed by atoms with Crippen LogP contribution in [0.3, 0.4) is 0 Å². The molecule has 1 aliphatic rings. The highest BCUT2D eigenvalue weighted by molar-refractivity contribution is 5.42. The third-order valence-electron chi connectivity index (χ3n) is 3.53. The molecule has 1 saturated heterocycles. The summed E-state index contributed by atoms with van der Waals surface area (Å²) in [5, 5.41) is 3.55. The molecule has 1 fully saturated rings. The first-order chi connectivity index (χ1) is 8.02. The lowest BCUT2D eigenvalue weighted by Gasteiger charge is -2.23. The summed E-state index contributed by atoms with van der Waals surface area (Å²) in [6.45, 7) is 7.87. The molecule has 1 N–H and O–H groups in total. The molecule has 2 heteroatoms. The zero-order valence-corrected chi connectivity index (χ0v) is 11.3. The van der Waals surface area contributed by atoms with Gasteiger partial charge in [-0.05, 0) is 42.5 Å². The molecule has 1 heterocycles. The van der Waals surface area contributed by atoms with E-state index in [4.69, 9.17) is 4.74 Å². The van der Waals surface area contributed by atoms with Crippen LogP contribution in [0.4, 0.5) is 0 Å². The molecule has 1 atom stereocenters. The Morgan fingerprint density at radius 3 is 2.59 bits per heavy atom. The summed E-state index contributed by atoms with van der Waals surface area (Å²) in [6.07, 6.45) is 2.47. The predicted octanol–water partition coefficient (Wildman–Crippen LogP) is 3.42. The third kappa shape index (κ3) is 2.63. The summed E-state index contributed by atoms with van der Waals surface area (Å²) in [5.74, 6) is 1.01. The Morgan fingerprint density at radius 1 is 1.29 bits per heavy atom. The summed E-state index contributed by atoms with van der Waals surface area (Å²) < 4.78 is 5.49. The van der Waals surface area contributed by atoms with E-state index < -0.39 is 0 Å². The number of hydrogen-bond donors (Lipinski definition) is 1. The van der Waals surface area contributed by atoms with Crippen LogP contribution in [0.5, 0.6) is 5.75 Å². The molecular weight excluding hydrogens is 210 g/mol. The minimum Gasteiger partial charge on any atom is -0.496 e. The van der Waals surface area contributed by atoms with Crippen molar-refractivity contribution in [2.45, 2.75) is 45.1 Å². The fourth-order valence-corrected chi connectivity index (χ4v) is 2.42. The van der Waals surface area contributed by atoms with Crippen molar-refractivity contribution >= 4 is 0 Å². The van der Waals surface area contributed by atoms with E-state index in [9.17, 15) is 0 Å². The molecular formula is C15H23NO. The van der Waals surface area contributed by atoms with E-state index in [0.717, 1.165) is 12.3 Å². The monoisotopic (exact) mass is 233 g/mol. The highest BCUT2D eigenvalue weighted by Crippen LogP contribution is 2.34. The molecule has 0 amide bonds. The van der Waals surface area contributed by atoms with Crippen LogP contribution in [0, 0.1) is 0 Å². The van der Waals surface area contributed by atoms with E-state index in [1.54, 1.807) is 7.11 Å². The molecule has 0 radical (unpaired) electrons. The number of nitrogens with one attached hydrogen (secondary N) is 1.